The summed E-state index contributed by atoms with van der Waals surface area (Å²) in [6.07, 6.45) is -0.0312. The lowest BCUT2D eigenvalue weighted by Crippen LogP contribution is -2.29. The van der Waals surface area contributed by atoms with Crippen molar-refractivity contribution < 1.29 is 33.7 Å². The third kappa shape index (κ3) is 5.25. The normalized spacial score (nSPS) is 16.6. The summed E-state index contributed by atoms with van der Waals surface area (Å²) in [6.45, 7) is 6.97. The number of hydrogen-bond acceptors (Lipinski definition) is 7. The number of anilines is 1. The van der Waals surface area contributed by atoms with Crippen LogP contribution in [0.4, 0.5) is 5.69 Å². The number of methoxy groups -OCH3 is 1. The highest BCUT2D eigenvalue weighted by Crippen LogP contribution is 2.43. The van der Waals surface area contributed by atoms with Crippen molar-refractivity contribution in [2.75, 3.05) is 12.0 Å². The number of esters is 1. The number of benzene rings is 3. The number of ether oxygens (including phenoxy) is 3. The van der Waals surface area contributed by atoms with Crippen LogP contribution in [0.15, 0.2) is 72.3 Å². The van der Waals surface area contributed by atoms with Crippen molar-refractivity contribution in [3.63, 3.8) is 0 Å². The van der Waals surface area contributed by atoms with E-state index in [0.29, 0.717) is 34.1 Å². The summed E-state index contributed by atoms with van der Waals surface area (Å²) in [5, 5.41) is 11.4. The van der Waals surface area contributed by atoms with Gasteiger partial charge in [0.1, 0.15) is 23.0 Å². The van der Waals surface area contributed by atoms with E-state index in [-0.39, 0.29) is 17.4 Å². The van der Waals surface area contributed by atoms with Crippen LogP contribution in [0.2, 0.25) is 0 Å². The summed E-state index contributed by atoms with van der Waals surface area (Å²) >= 11 is 0. The molecule has 1 amide bonds. The Morgan fingerprint density at radius 3 is 2.29 bits per heavy atom. The molecule has 3 aromatic carbocycles. The summed E-state index contributed by atoms with van der Waals surface area (Å²) in [5.41, 5.74) is 2.06. The fourth-order valence-corrected chi connectivity index (χ4v) is 4.40. The zero-order chi connectivity index (χ0) is 27.6. The van der Waals surface area contributed by atoms with Crippen LogP contribution in [-0.2, 0) is 14.4 Å². The Balaban J connectivity index is 1.88. The van der Waals surface area contributed by atoms with Crippen LogP contribution >= 0.6 is 0 Å². The molecule has 1 heterocycles. The van der Waals surface area contributed by atoms with Crippen LogP contribution in [0.5, 0.6) is 17.2 Å². The minimum Gasteiger partial charge on any atom is -0.507 e. The summed E-state index contributed by atoms with van der Waals surface area (Å²) in [4.78, 5) is 39.5. The molecule has 0 radical (unpaired) electrons. The van der Waals surface area contributed by atoms with Gasteiger partial charge in [-0.25, -0.2) is 0 Å². The molecule has 38 heavy (non-hydrogen) atoms. The molecule has 1 aliphatic heterocycles. The lowest BCUT2D eigenvalue weighted by atomic mass is 9.94. The molecular weight excluding hydrogens is 486 g/mol. The van der Waals surface area contributed by atoms with Crippen molar-refractivity contribution in [2.24, 2.45) is 0 Å². The minimum absolute atomic E-state index is 0.0312. The van der Waals surface area contributed by atoms with Gasteiger partial charge in [0, 0.05) is 24.2 Å². The number of aliphatic hydroxyl groups is 1. The SMILES string of the molecule is COc1cccc(N2C(=O)C(=O)/C(=C(\O)c3ccc(OC(C)C)c(C)c3)C2c2ccc(OC(C)=O)cc2)c1. The van der Waals surface area contributed by atoms with E-state index < -0.39 is 23.7 Å². The molecular formula is C30H29NO7. The molecule has 1 N–H and O–H groups in total. The number of amides is 1. The first-order valence-electron chi connectivity index (χ1n) is 12.1. The fraction of sp³-hybridized carbons (Fsp3) is 0.233. The highest BCUT2D eigenvalue weighted by Gasteiger charge is 2.47. The van der Waals surface area contributed by atoms with Gasteiger partial charge >= 0.3 is 5.97 Å². The second-order valence-electron chi connectivity index (χ2n) is 9.18. The van der Waals surface area contributed by atoms with E-state index in [0.717, 1.165) is 5.56 Å². The van der Waals surface area contributed by atoms with Crippen LogP contribution in [0, 0.1) is 6.92 Å². The molecule has 1 unspecified atom stereocenters. The lowest BCUT2D eigenvalue weighted by molar-refractivity contribution is -0.132. The van der Waals surface area contributed by atoms with Crippen molar-refractivity contribution in [2.45, 2.75) is 39.8 Å². The molecule has 196 valence electrons. The van der Waals surface area contributed by atoms with Gasteiger partial charge in [-0.05, 0) is 74.4 Å². The Kier molecular flexibility index (Phi) is 7.52. The number of carbonyl (C=O) groups is 3. The van der Waals surface area contributed by atoms with Crippen molar-refractivity contribution >= 4 is 29.1 Å². The Morgan fingerprint density at radius 1 is 0.974 bits per heavy atom. The topological polar surface area (TPSA) is 102 Å². The van der Waals surface area contributed by atoms with Gasteiger partial charge in [-0.15, -0.1) is 0 Å². The van der Waals surface area contributed by atoms with Crippen LogP contribution in [0.3, 0.4) is 0 Å². The second-order valence-corrected chi connectivity index (χ2v) is 9.18. The molecule has 8 heteroatoms. The maximum absolute atomic E-state index is 13.4. The molecule has 1 aliphatic rings. The number of ketones is 1. The number of aryl methyl sites for hydroxylation is 1. The van der Waals surface area contributed by atoms with E-state index in [1.165, 1.54) is 18.9 Å². The maximum atomic E-state index is 13.4. The van der Waals surface area contributed by atoms with E-state index >= 15 is 0 Å². The summed E-state index contributed by atoms with van der Waals surface area (Å²) < 4.78 is 16.3. The lowest BCUT2D eigenvalue weighted by Gasteiger charge is -2.26. The number of nitrogens with zero attached hydrogens (tertiary/aromatic N) is 1. The molecule has 1 fully saturated rings. The zero-order valence-corrected chi connectivity index (χ0v) is 21.8. The summed E-state index contributed by atoms with van der Waals surface area (Å²) in [7, 11) is 1.51. The van der Waals surface area contributed by atoms with Crippen LogP contribution < -0.4 is 19.1 Å². The third-order valence-electron chi connectivity index (χ3n) is 6.04. The number of Topliss-reactive ketones (excluding diaryl/α,β-unsaturated/α-hetero) is 1. The van der Waals surface area contributed by atoms with Gasteiger partial charge in [0.25, 0.3) is 11.7 Å². The first-order valence-corrected chi connectivity index (χ1v) is 12.1. The number of aliphatic hydroxyl groups excluding tert-OH is 1. The quantitative estimate of drug-likeness (QED) is 0.149. The average Bonchev–Trinajstić information content (AvgIpc) is 3.15. The van der Waals surface area contributed by atoms with Crippen molar-refractivity contribution in [1.29, 1.82) is 0 Å². The molecule has 0 saturated carbocycles. The monoisotopic (exact) mass is 515 g/mol. The maximum Gasteiger partial charge on any atom is 0.308 e. The Hall–Kier alpha value is -4.59. The van der Waals surface area contributed by atoms with E-state index in [4.69, 9.17) is 14.2 Å². The number of hydrogen-bond donors (Lipinski definition) is 1. The Morgan fingerprint density at radius 2 is 1.68 bits per heavy atom. The van der Waals surface area contributed by atoms with Gasteiger partial charge in [-0.1, -0.05) is 18.2 Å². The van der Waals surface area contributed by atoms with E-state index in [1.54, 1.807) is 66.7 Å². The molecule has 0 spiro atoms. The van der Waals surface area contributed by atoms with Gasteiger partial charge in [-0.3, -0.25) is 19.3 Å². The van der Waals surface area contributed by atoms with E-state index in [2.05, 4.69) is 0 Å². The Bertz CT molecular complexity index is 1420. The van der Waals surface area contributed by atoms with Crippen molar-refractivity contribution in [3.8, 4) is 17.2 Å². The molecule has 4 rings (SSSR count). The highest BCUT2D eigenvalue weighted by atomic mass is 16.5. The number of rotatable bonds is 7. The first kappa shape index (κ1) is 26.5. The predicted octanol–water partition coefficient (Wildman–Crippen LogP) is 5.34. The standard InChI is InChI=1S/C30H29NO7/c1-17(2)37-25-14-11-21(15-18(25)3)28(33)26-27(20-9-12-23(13-10-20)38-19(4)32)31(30(35)29(26)34)22-7-6-8-24(16-22)36-5/h6-17,27,33H,1-5H3/b28-26-. The molecule has 0 aliphatic carbocycles. The average molecular weight is 516 g/mol. The van der Waals surface area contributed by atoms with Gasteiger partial charge in [0.15, 0.2) is 0 Å². The molecule has 1 atom stereocenters. The van der Waals surface area contributed by atoms with Gasteiger partial charge < -0.3 is 19.3 Å². The van der Waals surface area contributed by atoms with Crippen molar-refractivity contribution in [1.82, 2.24) is 0 Å². The number of carbonyl (C=O) groups excluding carboxylic acids is 3. The van der Waals surface area contributed by atoms with Gasteiger partial charge in [-0.2, -0.15) is 0 Å². The minimum atomic E-state index is -0.944. The highest BCUT2D eigenvalue weighted by molar-refractivity contribution is 6.51. The Labute approximate surface area is 221 Å². The van der Waals surface area contributed by atoms with Crippen LogP contribution in [0.1, 0.15) is 43.5 Å². The molecule has 8 nitrogen and oxygen atoms in total. The predicted molar refractivity (Wildman–Crippen MR) is 142 cm³/mol. The third-order valence-corrected chi connectivity index (χ3v) is 6.04. The van der Waals surface area contributed by atoms with Gasteiger partial charge in [0.05, 0.1) is 24.8 Å². The smallest absolute Gasteiger partial charge is 0.308 e. The van der Waals surface area contributed by atoms with Gasteiger partial charge in [0.2, 0.25) is 0 Å². The largest absolute Gasteiger partial charge is 0.507 e. The van der Waals surface area contributed by atoms with E-state index in [9.17, 15) is 19.5 Å². The first-order chi connectivity index (χ1) is 18.1. The molecule has 1 saturated heterocycles. The second kappa shape index (κ2) is 10.8. The fourth-order valence-electron chi connectivity index (χ4n) is 4.40. The molecule has 0 aromatic heterocycles. The summed E-state index contributed by atoms with van der Waals surface area (Å²) in [5.74, 6) is -0.904. The molecule has 3 aromatic rings. The molecule has 0 bridgehead atoms. The van der Waals surface area contributed by atoms with Crippen molar-refractivity contribution in [3.05, 3.63) is 89.0 Å². The zero-order valence-electron chi connectivity index (χ0n) is 21.8. The summed E-state index contributed by atoms with van der Waals surface area (Å²) in [6, 6.07) is 17.4. The van der Waals surface area contributed by atoms with Crippen LogP contribution in [-0.4, -0.2) is 36.0 Å². The van der Waals surface area contributed by atoms with E-state index in [1.807, 2.05) is 20.8 Å². The van der Waals surface area contributed by atoms with Crippen LogP contribution in [0.25, 0.3) is 5.76 Å².